The van der Waals surface area contributed by atoms with Gasteiger partial charge in [0.1, 0.15) is 12.2 Å². The Labute approximate surface area is 71.3 Å². The first kappa shape index (κ1) is 9.88. The van der Waals surface area contributed by atoms with Gasteiger partial charge in [0.2, 0.25) is 0 Å². The summed E-state index contributed by atoms with van der Waals surface area (Å²) in [7, 11) is 1.46. The largest absolute Gasteiger partial charge is 0.389 e. The van der Waals surface area contributed by atoms with Crippen molar-refractivity contribution in [3.05, 3.63) is 0 Å². The fourth-order valence-electron chi connectivity index (χ4n) is 1.60. The summed E-state index contributed by atoms with van der Waals surface area (Å²) in [6.45, 7) is 0. The average Bonchev–Trinajstić information content (AvgIpc) is 2.01. The lowest BCUT2D eigenvalue weighted by Gasteiger charge is -2.38. The van der Waals surface area contributed by atoms with Crippen molar-refractivity contribution in [3.8, 4) is 0 Å². The normalized spacial score (nSPS) is 49.2. The zero-order valence-electron chi connectivity index (χ0n) is 7.05. The molecule has 0 aromatic heterocycles. The molecule has 1 aliphatic carbocycles. The molecule has 5 heteroatoms. The molecule has 72 valence electrons. The Bertz CT molecular complexity index is 156. The molecule has 12 heavy (non-hydrogen) atoms. The van der Waals surface area contributed by atoms with Crippen LogP contribution in [0.1, 0.15) is 6.42 Å². The number of hydrogen-bond donors (Lipinski definition) is 4. The van der Waals surface area contributed by atoms with Crippen molar-refractivity contribution < 1.29 is 14.9 Å². The molecule has 1 saturated carbocycles. The lowest BCUT2D eigenvalue weighted by atomic mass is 9.85. The molecule has 0 radical (unpaired) electrons. The number of aliphatic hydroxyl groups is 2. The Morgan fingerprint density at radius 3 is 2.25 bits per heavy atom. The molecular formula is C7H16N2O3. The van der Waals surface area contributed by atoms with E-state index in [1.54, 1.807) is 0 Å². The molecule has 1 rings (SSSR count). The van der Waals surface area contributed by atoms with E-state index < -0.39 is 24.4 Å². The summed E-state index contributed by atoms with van der Waals surface area (Å²) < 4.78 is 4.94. The fourth-order valence-corrected chi connectivity index (χ4v) is 1.60. The first-order valence-corrected chi connectivity index (χ1v) is 3.98. The summed E-state index contributed by atoms with van der Waals surface area (Å²) in [4.78, 5) is 0. The van der Waals surface area contributed by atoms with Crippen molar-refractivity contribution in [2.75, 3.05) is 7.11 Å². The van der Waals surface area contributed by atoms with Crippen LogP contribution in [0.15, 0.2) is 0 Å². The van der Waals surface area contributed by atoms with Crippen molar-refractivity contribution >= 4 is 0 Å². The average molecular weight is 176 g/mol. The number of methoxy groups -OCH3 is 1. The SMILES string of the molecule is CO[C@H]1[C@H](O)[C@@H](O)[C@H](N)C[C@@H]1N. The zero-order chi connectivity index (χ0) is 9.30. The van der Waals surface area contributed by atoms with Gasteiger partial charge < -0.3 is 26.4 Å². The van der Waals surface area contributed by atoms with Crippen LogP contribution in [-0.4, -0.2) is 47.7 Å². The topological polar surface area (TPSA) is 102 Å². The summed E-state index contributed by atoms with van der Waals surface area (Å²) in [6, 6.07) is -0.759. The van der Waals surface area contributed by atoms with Crippen molar-refractivity contribution in [1.29, 1.82) is 0 Å². The molecule has 1 fully saturated rings. The van der Waals surface area contributed by atoms with E-state index in [2.05, 4.69) is 0 Å². The molecule has 0 aromatic rings. The van der Waals surface area contributed by atoms with Gasteiger partial charge >= 0.3 is 0 Å². The molecule has 5 atom stereocenters. The van der Waals surface area contributed by atoms with Crippen molar-refractivity contribution in [3.63, 3.8) is 0 Å². The number of aliphatic hydroxyl groups excluding tert-OH is 2. The second-order valence-electron chi connectivity index (χ2n) is 3.24. The number of nitrogens with two attached hydrogens (primary N) is 2. The Morgan fingerprint density at radius 2 is 1.75 bits per heavy atom. The second kappa shape index (κ2) is 3.68. The fraction of sp³-hybridized carbons (Fsp3) is 1.00. The standard InChI is InChI=1S/C7H16N2O3/c1-12-7-4(9)2-3(8)5(10)6(7)11/h3-7,10-11H,2,8-9H2,1H3/t3-,4+,5+,6-,7-/m1/s1. The van der Waals surface area contributed by atoms with E-state index in [9.17, 15) is 10.2 Å². The zero-order valence-corrected chi connectivity index (χ0v) is 7.05. The van der Waals surface area contributed by atoms with Crippen molar-refractivity contribution in [2.45, 2.75) is 36.8 Å². The molecule has 5 nitrogen and oxygen atoms in total. The van der Waals surface area contributed by atoms with Crippen molar-refractivity contribution in [2.24, 2.45) is 11.5 Å². The van der Waals surface area contributed by atoms with E-state index in [1.165, 1.54) is 7.11 Å². The van der Waals surface area contributed by atoms with Gasteiger partial charge in [0.05, 0.1) is 6.10 Å². The van der Waals surface area contributed by atoms with Gasteiger partial charge in [-0.25, -0.2) is 0 Å². The molecule has 0 aromatic carbocycles. The van der Waals surface area contributed by atoms with Gasteiger partial charge in [-0.3, -0.25) is 0 Å². The van der Waals surface area contributed by atoms with Crippen LogP contribution < -0.4 is 11.5 Å². The highest BCUT2D eigenvalue weighted by molar-refractivity contribution is 4.97. The highest BCUT2D eigenvalue weighted by Gasteiger charge is 2.40. The Morgan fingerprint density at radius 1 is 1.17 bits per heavy atom. The van der Waals surface area contributed by atoms with Crippen LogP contribution in [0.5, 0.6) is 0 Å². The Kier molecular flexibility index (Phi) is 3.03. The van der Waals surface area contributed by atoms with Crippen LogP contribution >= 0.6 is 0 Å². The third-order valence-electron chi connectivity index (χ3n) is 2.36. The lowest BCUT2D eigenvalue weighted by molar-refractivity contribution is -0.114. The van der Waals surface area contributed by atoms with Crippen LogP contribution in [0, 0.1) is 0 Å². The number of hydrogen-bond acceptors (Lipinski definition) is 5. The smallest absolute Gasteiger partial charge is 0.109 e. The maximum atomic E-state index is 9.44. The van der Waals surface area contributed by atoms with Gasteiger partial charge in [-0.2, -0.15) is 0 Å². The third-order valence-corrected chi connectivity index (χ3v) is 2.36. The maximum absolute atomic E-state index is 9.44. The van der Waals surface area contributed by atoms with Gasteiger partial charge in [-0.05, 0) is 6.42 Å². The molecule has 6 N–H and O–H groups in total. The first-order valence-electron chi connectivity index (χ1n) is 3.98. The third kappa shape index (κ3) is 1.60. The van der Waals surface area contributed by atoms with Gasteiger partial charge in [0, 0.05) is 19.2 Å². The van der Waals surface area contributed by atoms with E-state index in [1.807, 2.05) is 0 Å². The Balaban J connectivity index is 2.65. The van der Waals surface area contributed by atoms with E-state index >= 15 is 0 Å². The van der Waals surface area contributed by atoms with Crippen LogP contribution in [-0.2, 0) is 4.74 Å². The highest BCUT2D eigenvalue weighted by atomic mass is 16.5. The molecule has 0 heterocycles. The molecule has 0 spiro atoms. The van der Waals surface area contributed by atoms with Crippen LogP contribution in [0.4, 0.5) is 0 Å². The highest BCUT2D eigenvalue weighted by Crippen LogP contribution is 2.19. The summed E-state index contributed by atoms with van der Waals surface area (Å²) in [6.07, 6.45) is -1.96. The molecule has 0 aliphatic heterocycles. The summed E-state index contributed by atoms with van der Waals surface area (Å²) in [5, 5.41) is 18.8. The second-order valence-corrected chi connectivity index (χ2v) is 3.24. The lowest BCUT2D eigenvalue weighted by Crippen LogP contribution is -2.61. The van der Waals surface area contributed by atoms with E-state index in [-0.39, 0.29) is 6.04 Å². The predicted molar refractivity (Wildman–Crippen MR) is 43.4 cm³/mol. The van der Waals surface area contributed by atoms with Crippen LogP contribution in [0.2, 0.25) is 0 Å². The van der Waals surface area contributed by atoms with Gasteiger partial charge in [-0.15, -0.1) is 0 Å². The summed E-state index contributed by atoms with van der Waals surface area (Å²) >= 11 is 0. The molecule has 0 unspecified atom stereocenters. The minimum atomic E-state index is -0.978. The minimum Gasteiger partial charge on any atom is -0.389 e. The summed E-state index contributed by atoms with van der Waals surface area (Å²) in [5.74, 6) is 0. The number of rotatable bonds is 1. The minimum absolute atomic E-state index is 0.302. The van der Waals surface area contributed by atoms with Gasteiger partial charge in [0.25, 0.3) is 0 Å². The first-order chi connectivity index (χ1) is 5.57. The van der Waals surface area contributed by atoms with Gasteiger partial charge in [-0.1, -0.05) is 0 Å². The van der Waals surface area contributed by atoms with Crippen molar-refractivity contribution in [1.82, 2.24) is 0 Å². The van der Waals surface area contributed by atoms with Crippen LogP contribution in [0.25, 0.3) is 0 Å². The number of ether oxygens (including phenoxy) is 1. The Hall–Kier alpha value is -0.200. The monoisotopic (exact) mass is 176 g/mol. The molecule has 0 bridgehead atoms. The molecule has 0 saturated heterocycles. The molecule has 0 amide bonds. The van der Waals surface area contributed by atoms with Gasteiger partial charge in [0.15, 0.2) is 0 Å². The quantitative estimate of drug-likeness (QED) is 0.362. The molecular weight excluding hydrogens is 160 g/mol. The van der Waals surface area contributed by atoms with E-state index in [0.717, 1.165) is 0 Å². The predicted octanol–water partition coefficient (Wildman–Crippen LogP) is -2.22. The molecule has 1 aliphatic rings. The maximum Gasteiger partial charge on any atom is 0.109 e. The van der Waals surface area contributed by atoms with E-state index in [4.69, 9.17) is 16.2 Å². The summed E-state index contributed by atoms with van der Waals surface area (Å²) in [5.41, 5.74) is 11.2. The van der Waals surface area contributed by atoms with Crippen LogP contribution in [0.3, 0.4) is 0 Å². The van der Waals surface area contributed by atoms with E-state index in [0.29, 0.717) is 6.42 Å².